The van der Waals surface area contributed by atoms with Gasteiger partial charge in [0.15, 0.2) is 5.82 Å². The molecule has 2 aromatic carbocycles. The van der Waals surface area contributed by atoms with Gasteiger partial charge in [-0.1, -0.05) is 26.0 Å². The van der Waals surface area contributed by atoms with Gasteiger partial charge in [0.1, 0.15) is 17.3 Å². The molecule has 0 unspecified atom stereocenters. The van der Waals surface area contributed by atoms with Crippen molar-refractivity contribution in [3.05, 3.63) is 60.2 Å². The van der Waals surface area contributed by atoms with Crippen molar-refractivity contribution in [2.24, 2.45) is 0 Å². The first-order chi connectivity index (χ1) is 14.2. The minimum atomic E-state index is -3.87. The van der Waals surface area contributed by atoms with Crippen LogP contribution < -0.4 is 14.8 Å². The van der Waals surface area contributed by atoms with Gasteiger partial charge >= 0.3 is 0 Å². The molecule has 5 nitrogen and oxygen atoms in total. The van der Waals surface area contributed by atoms with Gasteiger partial charge < -0.3 is 10.1 Å². The van der Waals surface area contributed by atoms with E-state index in [4.69, 9.17) is 4.74 Å². The molecule has 164 valence electrons. The van der Waals surface area contributed by atoms with E-state index in [1.165, 1.54) is 31.4 Å². The summed E-state index contributed by atoms with van der Waals surface area (Å²) >= 11 is 0. The maximum Gasteiger partial charge on any atom is 0.238 e. The molecule has 0 amide bonds. The highest BCUT2D eigenvalue weighted by atomic mass is 32.2. The molecule has 0 saturated heterocycles. The molecule has 0 aromatic heterocycles. The van der Waals surface area contributed by atoms with Gasteiger partial charge in [0.05, 0.1) is 23.2 Å². The Morgan fingerprint density at radius 1 is 1.13 bits per heavy atom. The molecule has 0 radical (unpaired) electrons. The smallest absolute Gasteiger partial charge is 0.238 e. The fourth-order valence-electron chi connectivity index (χ4n) is 3.00. The van der Waals surface area contributed by atoms with Crippen LogP contribution >= 0.6 is 0 Å². The zero-order valence-electron chi connectivity index (χ0n) is 17.7. The topological polar surface area (TPSA) is 67.4 Å². The van der Waals surface area contributed by atoms with E-state index in [0.29, 0.717) is 12.8 Å². The predicted octanol–water partition coefficient (Wildman–Crippen LogP) is 5.90. The van der Waals surface area contributed by atoms with E-state index in [1.54, 1.807) is 13.0 Å². The quantitative estimate of drug-likeness (QED) is 0.504. The Labute approximate surface area is 177 Å². The number of methoxy groups -OCH3 is 1. The Morgan fingerprint density at radius 2 is 1.80 bits per heavy atom. The summed E-state index contributed by atoms with van der Waals surface area (Å²) in [6.45, 7) is 9.34. The van der Waals surface area contributed by atoms with Crippen LogP contribution in [0.4, 0.5) is 25.8 Å². The van der Waals surface area contributed by atoms with Crippen LogP contribution in [-0.2, 0) is 10.0 Å². The molecule has 0 bridgehead atoms. The van der Waals surface area contributed by atoms with Gasteiger partial charge in [0.2, 0.25) is 10.0 Å². The Morgan fingerprint density at radius 3 is 2.33 bits per heavy atom. The van der Waals surface area contributed by atoms with Gasteiger partial charge in [-0.25, -0.2) is 17.2 Å². The van der Waals surface area contributed by atoms with E-state index < -0.39 is 26.4 Å². The Kier molecular flexibility index (Phi) is 7.47. The van der Waals surface area contributed by atoms with Crippen LogP contribution in [-0.4, -0.2) is 20.3 Å². The van der Waals surface area contributed by atoms with Crippen molar-refractivity contribution in [2.75, 3.05) is 17.1 Å². The molecule has 0 spiro atoms. The molecule has 30 heavy (non-hydrogen) atoms. The Balaban J connectivity index is 0.00000155. The lowest BCUT2D eigenvalue weighted by molar-refractivity contribution is 0.412. The van der Waals surface area contributed by atoms with Crippen LogP contribution in [0.15, 0.2) is 43.0 Å². The van der Waals surface area contributed by atoms with Crippen molar-refractivity contribution in [1.82, 2.24) is 0 Å². The second kappa shape index (κ2) is 9.47. The van der Waals surface area contributed by atoms with Crippen molar-refractivity contribution in [3.8, 4) is 5.75 Å². The van der Waals surface area contributed by atoms with E-state index in [9.17, 15) is 17.2 Å². The first kappa shape index (κ1) is 23.7. The van der Waals surface area contributed by atoms with Crippen LogP contribution in [0.25, 0.3) is 0 Å². The minimum Gasteiger partial charge on any atom is -0.497 e. The molecule has 8 heteroatoms. The van der Waals surface area contributed by atoms with E-state index in [1.807, 2.05) is 13.8 Å². The summed E-state index contributed by atoms with van der Waals surface area (Å²) in [5.74, 6) is -1.20. The minimum absolute atomic E-state index is 0.0533. The molecular weight excluding hydrogens is 410 g/mol. The molecule has 0 heterocycles. The third-order valence-electron chi connectivity index (χ3n) is 4.82. The molecule has 3 rings (SSSR count). The highest BCUT2D eigenvalue weighted by Crippen LogP contribution is 2.48. The van der Waals surface area contributed by atoms with Gasteiger partial charge in [-0.2, -0.15) is 0 Å². The summed E-state index contributed by atoms with van der Waals surface area (Å²) in [6, 6.07) is 7.00. The first-order valence-electron chi connectivity index (χ1n) is 9.75. The van der Waals surface area contributed by atoms with Crippen LogP contribution in [0.1, 0.15) is 38.7 Å². The maximum atomic E-state index is 14.7. The van der Waals surface area contributed by atoms with Crippen molar-refractivity contribution < 1.29 is 21.9 Å². The molecule has 2 N–H and O–H groups in total. The van der Waals surface area contributed by atoms with E-state index in [-0.39, 0.29) is 29.2 Å². The highest BCUT2D eigenvalue weighted by molar-refractivity contribution is 7.94. The van der Waals surface area contributed by atoms with Gasteiger partial charge in [-0.3, -0.25) is 4.72 Å². The number of hydrogen-bond donors (Lipinski definition) is 2. The summed E-state index contributed by atoms with van der Waals surface area (Å²) < 4.78 is 61.1. The lowest BCUT2D eigenvalue weighted by atomic mass is 10.2. The fourth-order valence-corrected chi connectivity index (χ4v) is 4.67. The van der Waals surface area contributed by atoms with Crippen LogP contribution in [0.3, 0.4) is 0 Å². The number of hydrogen-bond acceptors (Lipinski definition) is 4. The average molecular weight is 439 g/mol. The van der Waals surface area contributed by atoms with E-state index in [0.717, 1.165) is 11.6 Å². The number of nitrogens with one attached hydrogen (secondary N) is 2. The molecule has 1 aliphatic rings. The first-order valence-corrected chi connectivity index (χ1v) is 11.2. The van der Waals surface area contributed by atoms with Gasteiger partial charge in [0.25, 0.3) is 0 Å². The summed E-state index contributed by atoms with van der Waals surface area (Å²) in [4.78, 5) is 0. The second-order valence-electron chi connectivity index (χ2n) is 6.92. The third kappa shape index (κ3) is 4.92. The number of rotatable bonds is 8. The van der Waals surface area contributed by atoms with Crippen molar-refractivity contribution >= 4 is 27.1 Å². The van der Waals surface area contributed by atoms with Crippen LogP contribution in [0, 0.1) is 18.6 Å². The fraction of sp³-hybridized carbons (Fsp3) is 0.364. The largest absolute Gasteiger partial charge is 0.497 e. The molecule has 1 aliphatic carbocycles. The molecule has 1 saturated carbocycles. The number of sulfonamides is 1. The molecular formula is C22H28F2N2O3S. The van der Waals surface area contributed by atoms with Crippen LogP contribution in [0.5, 0.6) is 5.75 Å². The average Bonchev–Trinajstić information content (AvgIpc) is 3.49. The number of halogens is 2. The summed E-state index contributed by atoms with van der Waals surface area (Å²) in [6.07, 6.45) is 2.76. The normalized spacial score (nSPS) is 14.2. The van der Waals surface area contributed by atoms with Crippen molar-refractivity contribution in [1.29, 1.82) is 0 Å². The number of ether oxygens (including phenoxy) is 1. The van der Waals surface area contributed by atoms with E-state index >= 15 is 0 Å². The SMILES string of the molecule is C=CCC1(S(=O)(=O)Nc2c(F)cc(OC)cc2Nc2ccc(C)cc2F)CC1.CC. The lowest BCUT2D eigenvalue weighted by Crippen LogP contribution is -2.30. The Hall–Kier alpha value is -2.61. The highest BCUT2D eigenvalue weighted by Gasteiger charge is 2.53. The van der Waals surface area contributed by atoms with Crippen molar-refractivity contribution in [2.45, 2.75) is 44.8 Å². The predicted molar refractivity (Wildman–Crippen MR) is 118 cm³/mol. The standard InChI is InChI=1S/C20H22F2N2O3S.C2H6/c1-4-7-20(8-9-20)28(25,26)24-19-16(22)11-14(27-3)12-18(19)23-17-6-5-13(2)10-15(17)21;1-2/h4-6,10-12,23-24H,1,7-9H2,2-3H3;1-2H3. The lowest BCUT2D eigenvalue weighted by Gasteiger charge is -2.20. The second-order valence-corrected chi connectivity index (χ2v) is 9.00. The van der Waals surface area contributed by atoms with E-state index in [2.05, 4.69) is 16.6 Å². The van der Waals surface area contributed by atoms with Gasteiger partial charge in [0, 0.05) is 12.1 Å². The molecule has 0 atom stereocenters. The number of aryl methyl sites for hydroxylation is 1. The van der Waals surface area contributed by atoms with Crippen LogP contribution in [0.2, 0.25) is 0 Å². The Bertz CT molecular complexity index is 1020. The molecule has 2 aromatic rings. The summed E-state index contributed by atoms with van der Waals surface area (Å²) in [5, 5.41) is 2.77. The monoisotopic (exact) mass is 438 g/mol. The van der Waals surface area contributed by atoms with Gasteiger partial charge in [-0.05, 0) is 43.9 Å². The maximum absolute atomic E-state index is 14.7. The zero-order chi connectivity index (χ0) is 22.5. The number of allylic oxidation sites excluding steroid dienone is 1. The molecule has 1 fully saturated rings. The zero-order valence-corrected chi connectivity index (χ0v) is 18.5. The van der Waals surface area contributed by atoms with Crippen molar-refractivity contribution in [3.63, 3.8) is 0 Å². The number of anilines is 3. The summed E-state index contributed by atoms with van der Waals surface area (Å²) in [7, 11) is -2.51. The number of benzene rings is 2. The third-order valence-corrected chi connectivity index (χ3v) is 7.01. The summed E-state index contributed by atoms with van der Waals surface area (Å²) in [5.41, 5.74) is 0.584. The molecule has 0 aliphatic heterocycles. The van der Waals surface area contributed by atoms with Gasteiger partial charge in [-0.15, -0.1) is 6.58 Å².